The fraction of sp³-hybridized carbons (Fsp3) is 0.822. The van der Waals surface area contributed by atoms with Crippen molar-refractivity contribution in [3.05, 3.63) is 34.9 Å². The Morgan fingerprint density at radius 2 is 1.42 bits per heavy atom. The number of hydrogen-bond donors (Lipinski definition) is 6. The molecule has 2 saturated heterocycles. The van der Waals surface area contributed by atoms with E-state index in [-0.39, 0.29) is 30.1 Å². The van der Waals surface area contributed by atoms with Gasteiger partial charge in [0, 0.05) is 76.0 Å². The first-order valence-electron chi connectivity index (χ1n) is 22.6. The molecular weight excluding hydrogens is 740 g/mol. The van der Waals surface area contributed by atoms with Gasteiger partial charge in [-0.1, -0.05) is 55.8 Å². The van der Waals surface area contributed by atoms with Gasteiger partial charge in [-0.2, -0.15) is 0 Å². The molecule has 0 unspecified atom stereocenters. The Labute approximate surface area is 350 Å². The SMILES string of the molecule is CNC[C@H](CC1CCC(C)(O)CC1)NC(=O)N1CCC[C@@H]([C@@](O)(CCCCOC)c2cccc(Cl)c2)C1.CNC[C@H](CC1CCCCC1)NC(=O)N1CCCCC1. The van der Waals surface area contributed by atoms with E-state index >= 15 is 0 Å². The van der Waals surface area contributed by atoms with Gasteiger partial charge in [-0.3, -0.25) is 0 Å². The molecule has 0 bridgehead atoms. The summed E-state index contributed by atoms with van der Waals surface area (Å²) in [6.45, 7) is 7.25. The zero-order valence-electron chi connectivity index (χ0n) is 36.0. The zero-order valence-corrected chi connectivity index (χ0v) is 36.7. The molecule has 0 spiro atoms. The Morgan fingerprint density at radius 1 is 0.842 bits per heavy atom. The minimum atomic E-state index is -1.05. The van der Waals surface area contributed by atoms with Crippen LogP contribution >= 0.6 is 11.6 Å². The smallest absolute Gasteiger partial charge is 0.317 e. The van der Waals surface area contributed by atoms with Gasteiger partial charge in [0.25, 0.3) is 0 Å². The average molecular weight is 820 g/mol. The lowest BCUT2D eigenvalue weighted by molar-refractivity contribution is -0.0564. The number of likely N-dealkylation sites (N-methyl/N-ethyl adjacent to an activating group) is 2. The number of aliphatic hydroxyl groups is 2. The first kappa shape index (κ1) is 47.5. The predicted octanol–water partition coefficient (Wildman–Crippen LogP) is 7.43. The Kier molecular flexibility index (Phi) is 20.7. The van der Waals surface area contributed by atoms with E-state index in [1.54, 1.807) is 7.11 Å². The summed E-state index contributed by atoms with van der Waals surface area (Å²) in [4.78, 5) is 29.6. The number of ether oxygens (including phenoxy) is 1. The van der Waals surface area contributed by atoms with Crippen LogP contribution in [0.3, 0.4) is 0 Å². The molecule has 57 heavy (non-hydrogen) atoms. The van der Waals surface area contributed by atoms with Crippen LogP contribution in [0.25, 0.3) is 0 Å². The zero-order chi connectivity index (χ0) is 41.1. The fourth-order valence-corrected chi connectivity index (χ4v) is 10.00. The van der Waals surface area contributed by atoms with Crippen molar-refractivity contribution in [3.63, 3.8) is 0 Å². The number of unbranched alkanes of at least 4 members (excludes halogenated alkanes) is 1. The number of carbonyl (C=O) groups excluding carboxylic acids is 2. The number of rotatable bonds is 17. The highest BCUT2D eigenvalue weighted by molar-refractivity contribution is 6.30. The van der Waals surface area contributed by atoms with Gasteiger partial charge in [-0.05, 0) is 140 Å². The Hall–Kier alpha value is -2.15. The molecule has 2 saturated carbocycles. The van der Waals surface area contributed by atoms with E-state index in [0.29, 0.717) is 43.6 Å². The Morgan fingerprint density at radius 3 is 2.02 bits per heavy atom. The summed E-state index contributed by atoms with van der Waals surface area (Å²) < 4.78 is 5.22. The lowest BCUT2D eigenvalue weighted by atomic mass is 9.74. The number of halogens is 1. The third-order valence-electron chi connectivity index (χ3n) is 13.2. The summed E-state index contributed by atoms with van der Waals surface area (Å²) in [5.74, 6) is 1.24. The van der Waals surface area contributed by atoms with Crippen LogP contribution in [0.4, 0.5) is 9.59 Å². The number of piperidine rings is 2. The molecule has 4 aliphatic rings. The molecule has 6 N–H and O–H groups in total. The van der Waals surface area contributed by atoms with Gasteiger partial charge in [-0.25, -0.2) is 9.59 Å². The van der Waals surface area contributed by atoms with E-state index in [0.717, 1.165) is 108 Å². The maximum absolute atomic E-state index is 13.4. The number of hydrogen-bond acceptors (Lipinski definition) is 7. The molecule has 1 aromatic carbocycles. The van der Waals surface area contributed by atoms with E-state index in [1.165, 1.54) is 38.5 Å². The van der Waals surface area contributed by atoms with Crippen LogP contribution in [-0.4, -0.2) is 117 Å². The summed E-state index contributed by atoms with van der Waals surface area (Å²) >= 11 is 6.31. The van der Waals surface area contributed by atoms with Gasteiger partial charge in [0.1, 0.15) is 0 Å². The topological polar surface area (TPSA) is 138 Å². The maximum Gasteiger partial charge on any atom is 0.317 e. The predicted molar refractivity (Wildman–Crippen MR) is 232 cm³/mol. The molecule has 5 rings (SSSR count). The highest BCUT2D eigenvalue weighted by Crippen LogP contribution is 2.41. The number of nitrogens with one attached hydrogen (secondary N) is 4. The number of urea groups is 2. The van der Waals surface area contributed by atoms with Crippen LogP contribution in [0.15, 0.2) is 24.3 Å². The van der Waals surface area contributed by atoms with Crippen LogP contribution < -0.4 is 21.3 Å². The summed E-state index contributed by atoms with van der Waals surface area (Å²) in [5, 5.41) is 36.0. The third-order valence-corrected chi connectivity index (χ3v) is 13.4. The van der Waals surface area contributed by atoms with Crippen molar-refractivity contribution in [2.75, 3.05) is 67.1 Å². The molecule has 2 heterocycles. The standard InChI is InChI=1S/C29H48ClN3O4.C16H31N3O/c1-28(35)14-11-22(12-15-28)18-26(20-31-2)32-27(34)33-16-7-9-24(21-33)29(36,13-4-5-17-37-3)23-8-6-10-25(30)19-23;1-17-13-15(12-14-8-4-2-5-9-14)18-16(20)19-10-6-3-7-11-19/h6,8,10,19,22,24,26,31,35-36H,4-5,7,9,11-18,20-21H2,1-3H3,(H,32,34);14-15,17H,2-13H2,1H3,(H,18,20)/t22?,24-,26+,28?,29-;15-/m10/s1. The molecule has 4 atom stereocenters. The number of benzene rings is 1. The second-order valence-electron chi connectivity index (χ2n) is 18.0. The van der Waals surface area contributed by atoms with E-state index in [1.807, 2.05) is 55.1 Å². The van der Waals surface area contributed by atoms with Crippen molar-refractivity contribution in [1.29, 1.82) is 0 Å². The molecule has 4 fully saturated rings. The van der Waals surface area contributed by atoms with Crippen molar-refractivity contribution in [3.8, 4) is 0 Å². The highest BCUT2D eigenvalue weighted by atomic mass is 35.5. The molecular formula is C45H79ClN6O5. The molecule has 2 aliphatic heterocycles. The second-order valence-corrected chi connectivity index (χ2v) is 18.5. The molecule has 0 radical (unpaired) electrons. The molecule has 1 aromatic rings. The molecule has 4 amide bonds. The summed E-state index contributed by atoms with van der Waals surface area (Å²) in [6.07, 6.45) is 20.1. The van der Waals surface area contributed by atoms with Crippen LogP contribution in [0.5, 0.6) is 0 Å². The van der Waals surface area contributed by atoms with E-state index in [4.69, 9.17) is 16.3 Å². The number of nitrogens with zero attached hydrogens (tertiary/aromatic N) is 2. The van der Waals surface area contributed by atoms with Gasteiger partial charge < -0.3 is 46.0 Å². The van der Waals surface area contributed by atoms with Gasteiger partial charge >= 0.3 is 12.1 Å². The van der Waals surface area contributed by atoms with E-state index < -0.39 is 11.2 Å². The van der Waals surface area contributed by atoms with Gasteiger partial charge in [-0.15, -0.1) is 0 Å². The Balaban J connectivity index is 0.000000302. The molecule has 326 valence electrons. The van der Waals surface area contributed by atoms with Crippen molar-refractivity contribution in [1.82, 2.24) is 31.1 Å². The maximum atomic E-state index is 13.4. The first-order chi connectivity index (χ1) is 27.5. The van der Waals surface area contributed by atoms with Crippen molar-refractivity contribution < 1.29 is 24.5 Å². The second kappa shape index (κ2) is 24.8. The van der Waals surface area contributed by atoms with Gasteiger partial charge in [0.15, 0.2) is 0 Å². The average Bonchev–Trinajstić information content (AvgIpc) is 3.21. The molecule has 0 aromatic heterocycles. The lowest BCUT2D eigenvalue weighted by Gasteiger charge is -2.43. The number of carbonyl (C=O) groups is 2. The van der Waals surface area contributed by atoms with Crippen LogP contribution in [0, 0.1) is 17.8 Å². The normalized spacial score (nSPS) is 25.4. The van der Waals surface area contributed by atoms with Gasteiger partial charge in [0.2, 0.25) is 0 Å². The number of amides is 4. The number of likely N-dealkylation sites (tertiary alicyclic amines) is 2. The van der Waals surface area contributed by atoms with Crippen LogP contribution in [0.1, 0.15) is 134 Å². The summed E-state index contributed by atoms with van der Waals surface area (Å²) in [7, 11) is 5.58. The first-order valence-corrected chi connectivity index (χ1v) is 22.9. The van der Waals surface area contributed by atoms with Crippen molar-refractivity contribution in [2.24, 2.45) is 17.8 Å². The summed E-state index contributed by atoms with van der Waals surface area (Å²) in [5.41, 5.74) is -0.781. The minimum Gasteiger partial charge on any atom is -0.390 e. The van der Waals surface area contributed by atoms with Crippen molar-refractivity contribution >= 4 is 23.7 Å². The van der Waals surface area contributed by atoms with Crippen LogP contribution in [0.2, 0.25) is 5.02 Å². The van der Waals surface area contributed by atoms with E-state index in [2.05, 4.69) is 21.3 Å². The van der Waals surface area contributed by atoms with Crippen LogP contribution in [-0.2, 0) is 10.3 Å². The van der Waals surface area contributed by atoms with Gasteiger partial charge in [0.05, 0.1) is 11.2 Å². The fourth-order valence-electron chi connectivity index (χ4n) is 9.81. The minimum absolute atomic E-state index is 0.0341. The largest absolute Gasteiger partial charge is 0.390 e. The monoisotopic (exact) mass is 819 g/mol. The Bertz CT molecular complexity index is 1300. The molecule has 2 aliphatic carbocycles. The number of methoxy groups -OCH3 is 1. The summed E-state index contributed by atoms with van der Waals surface area (Å²) in [6, 6.07) is 7.95. The van der Waals surface area contributed by atoms with E-state index in [9.17, 15) is 19.8 Å². The quantitative estimate of drug-likeness (QED) is 0.0901. The van der Waals surface area contributed by atoms with Crippen molar-refractivity contribution in [2.45, 2.75) is 152 Å². The highest BCUT2D eigenvalue weighted by Gasteiger charge is 2.41. The lowest BCUT2D eigenvalue weighted by Crippen LogP contribution is -2.54. The molecule has 11 nitrogen and oxygen atoms in total. The molecule has 12 heteroatoms. The third kappa shape index (κ3) is 16.1.